The summed E-state index contributed by atoms with van der Waals surface area (Å²) in [6.07, 6.45) is 9.36. The number of aromatic amines is 2. The van der Waals surface area contributed by atoms with E-state index >= 15 is 0 Å². The van der Waals surface area contributed by atoms with Gasteiger partial charge in [0.1, 0.15) is 23.7 Å². The highest BCUT2D eigenvalue weighted by molar-refractivity contribution is 6.78. The van der Waals surface area contributed by atoms with Gasteiger partial charge in [0.05, 0.1) is 70.4 Å². The normalized spacial score (nSPS) is 18.0. The van der Waals surface area contributed by atoms with Crippen LogP contribution in [0.1, 0.15) is 36.6 Å². The van der Waals surface area contributed by atoms with Gasteiger partial charge < -0.3 is 39.9 Å². The van der Waals surface area contributed by atoms with E-state index in [1.54, 1.807) is 57.4 Å². The zero-order chi connectivity index (χ0) is 44.5. The van der Waals surface area contributed by atoms with Crippen molar-refractivity contribution in [2.75, 3.05) is 26.9 Å². The highest BCUT2D eigenvalue weighted by atomic mass is 28.3. The summed E-state index contributed by atoms with van der Waals surface area (Å²) >= 11 is 0. The van der Waals surface area contributed by atoms with Crippen LogP contribution in [-0.2, 0) is 32.2 Å². The molecule has 64 heavy (non-hydrogen) atoms. The third-order valence-electron chi connectivity index (χ3n) is 12.2. The minimum Gasteiger partial charge on any atom is -0.453 e. The van der Waals surface area contributed by atoms with Gasteiger partial charge in [-0.15, -0.1) is 0 Å². The predicted octanol–water partition coefficient (Wildman–Crippen LogP) is 5.81. The number of nitrogens with zero attached hydrogens (tertiary/aromatic N) is 8. The van der Waals surface area contributed by atoms with Crippen molar-refractivity contribution in [2.45, 2.75) is 69.2 Å². The fraction of sp³-hybridized carbons (Fsp3) is 0.333. The molecule has 4 aromatic heterocycles. The first-order chi connectivity index (χ1) is 31.0. The fourth-order valence-corrected chi connectivity index (χ4v) is 12.0. The van der Waals surface area contributed by atoms with Gasteiger partial charge in [-0.1, -0.05) is 55.6 Å². The molecule has 2 aliphatic heterocycles. The number of hydrogen-bond acceptors (Lipinski definition) is 10. The number of nitrogens with one attached hydrogen (secondary N) is 4. The lowest BCUT2D eigenvalue weighted by atomic mass is 9.99. The van der Waals surface area contributed by atoms with Crippen LogP contribution in [0.15, 0.2) is 97.7 Å². The Morgan fingerprint density at radius 1 is 0.781 bits per heavy atom. The molecule has 0 saturated carbocycles. The van der Waals surface area contributed by atoms with Crippen LogP contribution >= 0.6 is 0 Å². The summed E-state index contributed by atoms with van der Waals surface area (Å²) in [6.45, 7) is 5.42. The summed E-state index contributed by atoms with van der Waals surface area (Å²) in [4.78, 5) is 73.1. The molecule has 6 heterocycles. The van der Waals surface area contributed by atoms with Crippen LogP contribution < -0.4 is 10.6 Å². The van der Waals surface area contributed by atoms with E-state index in [4.69, 9.17) is 19.4 Å². The van der Waals surface area contributed by atoms with E-state index in [0.29, 0.717) is 18.5 Å². The van der Waals surface area contributed by atoms with Crippen LogP contribution in [-0.4, -0.2) is 120 Å². The maximum absolute atomic E-state index is 14.2. The number of rotatable bonds is 12. The molecule has 0 spiro atoms. The third-order valence-corrected chi connectivity index (χ3v) is 14.9. The maximum Gasteiger partial charge on any atom is 0.407 e. The average molecular weight is 883 g/mol. The Hall–Kier alpha value is -7.28. The molecule has 330 valence electrons. The van der Waals surface area contributed by atoms with Crippen molar-refractivity contribution in [3.05, 3.63) is 109 Å². The number of carbonyl (C=O) groups excluding carboxylic acids is 4. The summed E-state index contributed by atoms with van der Waals surface area (Å²) < 4.78 is 12.9. The van der Waals surface area contributed by atoms with Gasteiger partial charge in [-0.2, -0.15) is 10.2 Å². The number of methoxy groups -OCH3 is 2. The van der Waals surface area contributed by atoms with Crippen molar-refractivity contribution in [1.29, 1.82) is 0 Å². The summed E-state index contributed by atoms with van der Waals surface area (Å²) in [5.74, 6) is 0.984. The first-order valence-electron chi connectivity index (χ1n) is 21.3. The molecule has 4 atom stereocenters. The van der Waals surface area contributed by atoms with Crippen LogP contribution in [0.3, 0.4) is 0 Å². The van der Waals surface area contributed by atoms with Crippen LogP contribution in [0, 0.1) is 0 Å². The van der Waals surface area contributed by atoms with Crippen molar-refractivity contribution < 1.29 is 28.7 Å². The Kier molecular flexibility index (Phi) is 11.5. The van der Waals surface area contributed by atoms with Crippen molar-refractivity contribution in [3.8, 4) is 22.4 Å². The second kappa shape index (κ2) is 17.5. The SMILES string of the molecule is COC(=O)N[C@@H](Cn1cccn1)C(=O)N1CCC[C@@H]1c1ncc(-c2ccc(-c3ccc4c(ccc5[nH]c([C@@H]6C[Si](C)(C)CN6C(=O)[C@H](Cn6cccn6)NC(=O)OC)nc54)c3)cc2)[nH]1. The number of hydrogen-bond donors (Lipinski definition) is 4. The number of carbonyl (C=O) groups is 4. The Bertz CT molecular complexity index is 2800. The number of aromatic nitrogens is 8. The van der Waals surface area contributed by atoms with Crippen molar-refractivity contribution >= 4 is 53.9 Å². The number of H-pyrrole nitrogens is 2. The molecule has 4 amide bonds. The maximum atomic E-state index is 14.2. The largest absolute Gasteiger partial charge is 0.453 e. The lowest BCUT2D eigenvalue weighted by Crippen LogP contribution is -2.51. The smallest absolute Gasteiger partial charge is 0.407 e. The van der Waals surface area contributed by atoms with Crippen LogP contribution in [0.5, 0.6) is 0 Å². The molecular formula is C45H50N12O6Si. The van der Waals surface area contributed by atoms with Crippen LogP contribution in [0.2, 0.25) is 19.1 Å². The Morgan fingerprint density at radius 2 is 1.42 bits per heavy atom. The molecule has 4 N–H and O–H groups in total. The standard InChI is InChI=1S/C45H50N12O6Si/c1-62-44(60)51-35(24-54-19-6-17-47-54)42(58)56-21-5-8-37(56)40-46-23-34(50-40)29-11-9-28(10-12-29)30-13-15-32-31(22-30)14-16-33-39(32)53-41(49-33)38-26-64(3,4)27-57(38)43(59)36(52-45(61)63-2)25-55-20-7-18-48-55/h6-7,9-20,22-23,35-38H,5,8,21,24-27H2,1-4H3,(H,46,50)(H,49,53)(H,51,60)(H,52,61)/t35-,36-,37+,38-/m0/s1. The van der Waals surface area contributed by atoms with E-state index in [-0.39, 0.29) is 37.0 Å². The number of amides is 4. The van der Waals surface area contributed by atoms with E-state index in [9.17, 15) is 19.2 Å². The minimum atomic E-state index is -1.85. The molecule has 18 nitrogen and oxygen atoms in total. The van der Waals surface area contributed by atoms with E-state index in [0.717, 1.165) is 68.9 Å². The zero-order valence-corrected chi connectivity index (χ0v) is 37.0. The Morgan fingerprint density at radius 3 is 2.06 bits per heavy atom. The first kappa shape index (κ1) is 42.0. The van der Waals surface area contributed by atoms with Crippen LogP contribution in [0.25, 0.3) is 44.2 Å². The molecule has 2 fully saturated rings. The van der Waals surface area contributed by atoms with Gasteiger partial charge in [0.2, 0.25) is 11.8 Å². The monoisotopic (exact) mass is 882 g/mol. The van der Waals surface area contributed by atoms with Gasteiger partial charge in [0.25, 0.3) is 0 Å². The molecule has 2 saturated heterocycles. The molecule has 0 bridgehead atoms. The number of imidazole rings is 2. The van der Waals surface area contributed by atoms with Gasteiger partial charge in [-0.25, -0.2) is 19.6 Å². The van der Waals surface area contributed by atoms with Crippen LogP contribution in [0.4, 0.5) is 9.59 Å². The lowest BCUT2D eigenvalue weighted by molar-refractivity contribution is -0.135. The molecule has 0 radical (unpaired) electrons. The Labute approximate surface area is 369 Å². The summed E-state index contributed by atoms with van der Waals surface area (Å²) in [5, 5.41) is 15.9. The van der Waals surface area contributed by atoms with E-state index in [1.807, 2.05) is 11.0 Å². The molecule has 7 aromatic rings. The van der Waals surface area contributed by atoms with Gasteiger partial charge in [0, 0.05) is 42.9 Å². The Balaban J connectivity index is 0.916. The fourth-order valence-electron chi connectivity index (χ4n) is 9.08. The van der Waals surface area contributed by atoms with E-state index in [1.165, 1.54) is 14.2 Å². The molecule has 19 heteroatoms. The van der Waals surface area contributed by atoms with Gasteiger partial charge in [-0.05, 0) is 65.2 Å². The summed E-state index contributed by atoms with van der Waals surface area (Å²) in [5.41, 5.74) is 5.59. The summed E-state index contributed by atoms with van der Waals surface area (Å²) in [7, 11) is 0.703. The number of fused-ring (bicyclic) bond motifs is 3. The predicted molar refractivity (Wildman–Crippen MR) is 240 cm³/mol. The molecule has 0 unspecified atom stereocenters. The molecule has 2 aliphatic rings. The number of likely N-dealkylation sites (tertiary alicyclic amines) is 1. The first-order valence-corrected chi connectivity index (χ1v) is 24.7. The molecular weight excluding hydrogens is 833 g/mol. The van der Waals surface area contributed by atoms with Crippen molar-refractivity contribution in [1.82, 2.24) is 59.9 Å². The average Bonchev–Trinajstić information content (AvgIpc) is 4.17. The third kappa shape index (κ3) is 8.57. The van der Waals surface area contributed by atoms with Crippen molar-refractivity contribution in [3.63, 3.8) is 0 Å². The highest BCUT2D eigenvalue weighted by Crippen LogP contribution is 2.39. The number of ether oxygens (including phenoxy) is 2. The van der Waals surface area contributed by atoms with Crippen molar-refractivity contribution in [2.24, 2.45) is 0 Å². The minimum absolute atomic E-state index is 0.170. The van der Waals surface area contributed by atoms with Gasteiger partial charge in [-0.3, -0.25) is 19.0 Å². The molecule has 3 aromatic carbocycles. The van der Waals surface area contributed by atoms with E-state index in [2.05, 4.69) is 92.4 Å². The second-order valence-corrected chi connectivity index (χ2v) is 22.2. The number of alkyl carbamates (subject to hydrolysis) is 2. The zero-order valence-electron chi connectivity index (χ0n) is 36.0. The topological polar surface area (TPSA) is 210 Å². The van der Waals surface area contributed by atoms with Gasteiger partial charge >= 0.3 is 12.2 Å². The number of benzene rings is 3. The molecule has 0 aliphatic carbocycles. The highest BCUT2D eigenvalue weighted by Gasteiger charge is 2.45. The summed E-state index contributed by atoms with van der Waals surface area (Å²) in [6, 6.07) is 20.8. The lowest BCUT2D eigenvalue weighted by Gasteiger charge is -2.28. The van der Waals surface area contributed by atoms with E-state index < -0.39 is 32.3 Å². The molecule has 9 rings (SSSR count). The second-order valence-electron chi connectivity index (χ2n) is 17.2. The quantitative estimate of drug-likeness (QED) is 0.108. The van der Waals surface area contributed by atoms with Gasteiger partial charge in [0.15, 0.2) is 0 Å².